The molecule has 6 nitrogen and oxygen atoms in total. The number of aromatic nitrogens is 4. The Bertz CT molecular complexity index is 1010. The van der Waals surface area contributed by atoms with Crippen LogP contribution in [-0.2, 0) is 6.54 Å². The maximum Gasteiger partial charge on any atom is 0.225 e. The van der Waals surface area contributed by atoms with Crippen LogP contribution in [0.3, 0.4) is 0 Å². The van der Waals surface area contributed by atoms with E-state index in [0.717, 1.165) is 22.8 Å². The number of rotatable bonds is 6. The molecule has 0 saturated heterocycles. The Morgan fingerprint density at radius 3 is 2.30 bits per heavy atom. The van der Waals surface area contributed by atoms with Gasteiger partial charge in [-0.1, -0.05) is 60.7 Å². The minimum absolute atomic E-state index is 0.565. The van der Waals surface area contributed by atoms with Crippen LogP contribution in [0.1, 0.15) is 11.3 Å². The van der Waals surface area contributed by atoms with Crippen molar-refractivity contribution < 1.29 is 0 Å². The lowest BCUT2D eigenvalue weighted by molar-refractivity contribution is 1.04. The molecule has 0 fully saturated rings. The number of aromatic amines is 1. The summed E-state index contributed by atoms with van der Waals surface area (Å²) >= 11 is 0. The van der Waals surface area contributed by atoms with Gasteiger partial charge in [-0.05, 0) is 12.5 Å². The van der Waals surface area contributed by atoms with Crippen LogP contribution < -0.4 is 10.6 Å². The zero-order valence-electron chi connectivity index (χ0n) is 15.0. The predicted molar refractivity (Wildman–Crippen MR) is 108 cm³/mol. The molecule has 0 bridgehead atoms. The van der Waals surface area contributed by atoms with E-state index in [9.17, 15) is 0 Å². The molecule has 6 heteroatoms. The first-order valence-corrected chi connectivity index (χ1v) is 8.77. The van der Waals surface area contributed by atoms with Gasteiger partial charge in [0, 0.05) is 29.9 Å². The zero-order valence-corrected chi connectivity index (χ0v) is 15.0. The molecule has 0 unspecified atom stereocenters. The smallest absolute Gasteiger partial charge is 0.225 e. The van der Waals surface area contributed by atoms with Crippen molar-refractivity contribution >= 4 is 17.6 Å². The third-order valence-corrected chi connectivity index (χ3v) is 4.05. The summed E-state index contributed by atoms with van der Waals surface area (Å²) < 4.78 is 0. The summed E-state index contributed by atoms with van der Waals surface area (Å²) in [7, 11) is 0. The van der Waals surface area contributed by atoms with Crippen molar-refractivity contribution in [3.8, 4) is 11.3 Å². The van der Waals surface area contributed by atoms with E-state index in [1.54, 1.807) is 0 Å². The van der Waals surface area contributed by atoms with Crippen LogP contribution in [0.2, 0.25) is 0 Å². The molecule has 0 aliphatic carbocycles. The van der Waals surface area contributed by atoms with E-state index in [1.807, 2.05) is 67.6 Å². The number of nitrogens with one attached hydrogen (secondary N) is 3. The van der Waals surface area contributed by atoms with Gasteiger partial charge in [0.2, 0.25) is 5.95 Å². The van der Waals surface area contributed by atoms with Gasteiger partial charge in [-0.2, -0.15) is 10.1 Å². The van der Waals surface area contributed by atoms with Crippen LogP contribution in [-0.4, -0.2) is 20.2 Å². The van der Waals surface area contributed by atoms with Gasteiger partial charge in [0.1, 0.15) is 5.82 Å². The highest BCUT2D eigenvalue weighted by atomic mass is 15.2. The van der Waals surface area contributed by atoms with Crippen molar-refractivity contribution in [3.63, 3.8) is 0 Å². The first-order valence-electron chi connectivity index (χ1n) is 8.77. The van der Waals surface area contributed by atoms with Gasteiger partial charge in [-0.25, -0.2) is 4.98 Å². The van der Waals surface area contributed by atoms with Gasteiger partial charge in [-0.3, -0.25) is 5.10 Å². The lowest BCUT2D eigenvalue weighted by Gasteiger charge is -2.10. The van der Waals surface area contributed by atoms with Crippen molar-refractivity contribution in [1.29, 1.82) is 0 Å². The number of aryl methyl sites for hydroxylation is 1. The Morgan fingerprint density at radius 1 is 0.852 bits per heavy atom. The van der Waals surface area contributed by atoms with Gasteiger partial charge in [0.25, 0.3) is 0 Å². The number of anilines is 3. The van der Waals surface area contributed by atoms with Crippen LogP contribution in [0.4, 0.5) is 17.6 Å². The Labute approximate surface area is 157 Å². The summed E-state index contributed by atoms with van der Waals surface area (Å²) in [5.41, 5.74) is 4.03. The minimum Gasteiger partial charge on any atom is -0.350 e. The molecule has 0 aliphatic heterocycles. The normalized spacial score (nSPS) is 10.6. The molecule has 4 aromatic rings. The van der Waals surface area contributed by atoms with Gasteiger partial charge in [0.15, 0.2) is 5.82 Å². The molecule has 0 atom stereocenters. The summed E-state index contributed by atoms with van der Waals surface area (Å²) in [6.45, 7) is 2.61. The Balaban J connectivity index is 1.63. The summed E-state index contributed by atoms with van der Waals surface area (Å²) in [5.74, 6) is 1.97. The highest BCUT2D eigenvalue weighted by Crippen LogP contribution is 2.23. The molecule has 2 aromatic heterocycles. The maximum atomic E-state index is 4.68. The van der Waals surface area contributed by atoms with Crippen molar-refractivity contribution in [1.82, 2.24) is 20.2 Å². The molecule has 0 radical (unpaired) electrons. The Kier molecular flexibility index (Phi) is 4.78. The quantitative estimate of drug-likeness (QED) is 0.473. The molecular weight excluding hydrogens is 336 g/mol. The molecule has 0 saturated carbocycles. The number of benzene rings is 2. The Morgan fingerprint density at radius 2 is 1.59 bits per heavy atom. The molecule has 0 spiro atoms. The lowest BCUT2D eigenvalue weighted by atomic mass is 10.1. The fourth-order valence-corrected chi connectivity index (χ4v) is 2.74. The topological polar surface area (TPSA) is 78.5 Å². The summed E-state index contributed by atoms with van der Waals surface area (Å²) in [6, 6.07) is 24.1. The van der Waals surface area contributed by atoms with Crippen molar-refractivity contribution in [2.24, 2.45) is 0 Å². The average molecular weight is 356 g/mol. The second-order valence-corrected chi connectivity index (χ2v) is 6.23. The molecule has 27 heavy (non-hydrogen) atoms. The van der Waals surface area contributed by atoms with E-state index in [4.69, 9.17) is 0 Å². The van der Waals surface area contributed by atoms with E-state index >= 15 is 0 Å². The van der Waals surface area contributed by atoms with Crippen molar-refractivity contribution in [2.75, 3.05) is 10.6 Å². The van der Waals surface area contributed by atoms with Crippen LogP contribution in [0.5, 0.6) is 0 Å². The third kappa shape index (κ3) is 4.30. The first-order chi connectivity index (χ1) is 13.3. The number of nitrogens with zero attached hydrogens (tertiary/aromatic N) is 3. The number of hydrogen-bond acceptors (Lipinski definition) is 5. The second kappa shape index (κ2) is 7.70. The van der Waals surface area contributed by atoms with Gasteiger partial charge >= 0.3 is 0 Å². The second-order valence-electron chi connectivity index (χ2n) is 6.23. The van der Waals surface area contributed by atoms with E-state index in [2.05, 4.69) is 42.9 Å². The molecular formula is C21H20N6. The van der Waals surface area contributed by atoms with Crippen LogP contribution in [0.25, 0.3) is 11.3 Å². The third-order valence-electron chi connectivity index (χ3n) is 4.05. The first kappa shape index (κ1) is 16.8. The molecule has 0 amide bonds. The molecule has 0 aliphatic rings. The Hall–Kier alpha value is -3.67. The lowest BCUT2D eigenvalue weighted by Crippen LogP contribution is -2.06. The highest BCUT2D eigenvalue weighted by molar-refractivity contribution is 5.66. The van der Waals surface area contributed by atoms with Crippen LogP contribution >= 0.6 is 0 Å². The molecule has 4 rings (SSSR count). The molecule has 2 aromatic carbocycles. The van der Waals surface area contributed by atoms with Gasteiger partial charge in [0.05, 0.1) is 5.69 Å². The van der Waals surface area contributed by atoms with Crippen molar-refractivity contribution in [2.45, 2.75) is 13.5 Å². The number of hydrogen-bond donors (Lipinski definition) is 3. The summed E-state index contributed by atoms with van der Waals surface area (Å²) in [5, 5.41) is 13.7. The summed E-state index contributed by atoms with van der Waals surface area (Å²) in [4.78, 5) is 9.27. The minimum atomic E-state index is 0.565. The molecule has 3 N–H and O–H groups in total. The largest absolute Gasteiger partial charge is 0.350 e. The predicted octanol–water partition coefficient (Wildman–Crippen LogP) is 4.53. The van der Waals surface area contributed by atoms with Crippen LogP contribution in [0.15, 0.2) is 72.8 Å². The summed E-state index contributed by atoms with van der Waals surface area (Å²) in [6.07, 6.45) is 0. The molecule has 134 valence electrons. The highest BCUT2D eigenvalue weighted by Gasteiger charge is 2.08. The standard InChI is InChI=1S/C21H20N6/c1-15-12-20(27-26-15)24-19-13-18(17-10-6-3-7-11-17)23-21(25-19)22-14-16-8-4-2-5-9-16/h2-13H,14H2,1H3,(H3,22,23,24,25,26,27). The molecule has 2 heterocycles. The zero-order chi connectivity index (χ0) is 18.5. The monoisotopic (exact) mass is 356 g/mol. The maximum absolute atomic E-state index is 4.68. The van der Waals surface area contributed by atoms with Gasteiger partial charge in [-0.15, -0.1) is 0 Å². The fourth-order valence-electron chi connectivity index (χ4n) is 2.74. The van der Waals surface area contributed by atoms with Crippen LogP contribution in [0, 0.1) is 6.92 Å². The van der Waals surface area contributed by atoms with Crippen molar-refractivity contribution in [3.05, 3.63) is 84.1 Å². The average Bonchev–Trinajstić information content (AvgIpc) is 3.12. The van der Waals surface area contributed by atoms with E-state index in [-0.39, 0.29) is 0 Å². The van der Waals surface area contributed by atoms with E-state index < -0.39 is 0 Å². The van der Waals surface area contributed by atoms with E-state index in [1.165, 1.54) is 5.56 Å². The van der Waals surface area contributed by atoms with E-state index in [0.29, 0.717) is 18.3 Å². The SMILES string of the molecule is Cc1cc(Nc2cc(-c3ccccc3)nc(NCc3ccccc3)n2)n[nH]1. The number of H-pyrrole nitrogens is 1. The van der Waals surface area contributed by atoms with Gasteiger partial charge < -0.3 is 10.6 Å². The fraction of sp³-hybridized carbons (Fsp3) is 0.0952.